The number of rotatable bonds is 6. The van der Waals surface area contributed by atoms with Crippen molar-refractivity contribution in [1.29, 1.82) is 0 Å². The zero-order valence-corrected chi connectivity index (χ0v) is 8.94. The predicted octanol–water partition coefficient (Wildman–Crippen LogP) is 3.94. The van der Waals surface area contributed by atoms with Crippen molar-refractivity contribution < 1.29 is 0 Å². The number of hydrogen-bond donors (Lipinski definition) is 1. The molecule has 1 rings (SSSR count). The van der Waals surface area contributed by atoms with Crippen molar-refractivity contribution in [3.05, 3.63) is 30.3 Å². The summed E-state index contributed by atoms with van der Waals surface area (Å²) in [5.74, 6) is 1.20. The van der Waals surface area contributed by atoms with E-state index in [0.29, 0.717) is 0 Å². The van der Waals surface area contributed by atoms with E-state index in [0.717, 1.165) is 0 Å². The molecule has 1 nitrogen and oxygen atoms in total. The molecule has 0 unspecified atom stereocenters. The third-order valence-electron chi connectivity index (χ3n) is 1.81. The fraction of sp³-hybridized carbons (Fsp3) is 0.455. The third kappa shape index (κ3) is 4.83. The SMILES string of the molecule is CCCCCSNc1ccccc1. The molecule has 0 aliphatic heterocycles. The van der Waals surface area contributed by atoms with Crippen LogP contribution in [0.5, 0.6) is 0 Å². The molecule has 13 heavy (non-hydrogen) atoms. The lowest BCUT2D eigenvalue weighted by atomic mass is 10.3. The Balaban J connectivity index is 2.07. The minimum Gasteiger partial charge on any atom is -0.330 e. The minimum absolute atomic E-state index is 1.20. The monoisotopic (exact) mass is 195 g/mol. The van der Waals surface area contributed by atoms with Crippen molar-refractivity contribution >= 4 is 17.6 Å². The van der Waals surface area contributed by atoms with Gasteiger partial charge in [-0.25, -0.2) is 0 Å². The molecule has 0 radical (unpaired) electrons. The van der Waals surface area contributed by atoms with Gasteiger partial charge in [0.25, 0.3) is 0 Å². The van der Waals surface area contributed by atoms with E-state index in [2.05, 4.69) is 35.9 Å². The Morgan fingerprint density at radius 1 is 1.15 bits per heavy atom. The van der Waals surface area contributed by atoms with Crippen molar-refractivity contribution in [3.63, 3.8) is 0 Å². The zero-order valence-electron chi connectivity index (χ0n) is 8.12. The van der Waals surface area contributed by atoms with Gasteiger partial charge >= 0.3 is 0 Å². The van der Waals surface area contributed by atoms with E-state index in [-0.39, 0.29) is 0 Å². The molecule has 0 aliphatic carbocycles. The summed E-state index contributed by atoms with van der Waals surface area (Å²) in [4.78, 5) is 0. The first kappa shape index (κ1) is 10.5. The summed E-state index contributed by atoms with van der Waals surface area (Å²) in [6, 6.07) is 10.3. The first-order valence-electron chi connectivity index (χ1n) is 4.86. The van der Waals surface area contributed by atoms with Gasteiger partial charge in [-0.3, -0.25) is 0 Å². The highest BCUT2D eigenvalue weighted by Gasteiger charge is 1.89. The number of benzene rings is 1. The van der Waals surface area contributed by atoms with E-state index < -0.39 is 0 Å². The molecule has 0 saturated carbocycles. The maximum atomic E-state index is 3.32. The van der Waals surface area contributed by atoms with Gasteiger partial charge in [0.15, 0.2) is 0 Å². The van der Waals surface area contributed by atoms with Crippen LogP contribution in [0.25, 0.3) is 0 Å². The summed E-state index contributed by atoms with van der Waals surface area (Å²) < 4.78 is 3.32. The fourth-order valence-corrected chi connectivity index (χ4v) is 1.82. The van der Waals surface area contributed by atoms with Gasteiger partial charge in [-0.15, -0.1) is 0 Å². The Hall–Kier alpha value is -0.630. The van der Waals surface area contributed by atoms with Crippen molar-refractivity contribution in [1.82, 2.24) is 0 Å². The van der Waals surface area contributed by atoms with E-state index in [1.54, 1.807) is 11.9 Å². The average molecular weight is 195 g/mol. The molecule has 72 valence electrons. The molecule has 0 amide bonds. The van der Waals surface area contributed by atoms with Gasteiger partial charge in [0.05, 0.1) is 0 Å². The molecule has 0 fully saturated rings. The van der Waals surface area contributed by atoms with Crippen molar-refractivity contribution in [2.24, 2.45) is 0 Å². The normalized spacial score (nSPS) is 9.92. The van der Waals surface area contributed by atoms with Crippen LogP contribution in [-0.4, -0.2) is 5.75 Å². The molecule has 0 aliphatic rings. The summed E-state index contributed by atoms with van der Waals surface area (Å²) in [5, 5.41) is 0. The van der Waals surface area contributed by atoms with Crippen LogP contribution in [0.2, 0.25) is 0 Å². The van der Waals surface area contributed by atoms with Crippen LogP contribution in [0.3, 0.4) is 0 Å². The highest BCUT2D eigenvalue weighted by Crippen LogP contribution is 2.12. The third-order valence-corrected chi connectivity index (χ3v) is 2.69. The zero-order chi connectivity index (χ0) is 9.36. The van der Waals surface area contributed by atoms with Gasteiger partial charge in [-0.2, -0.15) is 0 Å². The second-order valence-corrected chi connectivity index (χ2v) is 3.92. The van der Waals surface area contributed by atoms with Gasteiger partial charge in [0, 0.05) is 11.4 Å². The Bertz CT molecular complexity index is 211. The lowest BCUT2D eigenvalue weighted by Gasteiger charge is -2.03. The average Bonchev–Trinajstić information content (AvgIpc) is 2.19. The van der Waals surface area contributed by atoms with Crippen LogP contribution in [-0.2, 0) is 0 Å². The number of hydrogen-bond acceptors (Lipinski definition) is 2. The fourth-order valence-electron chi connectivity index (χ4n) is 1.06. The van der Waals surface area contributed by atoms with Crippen LogP contribution in [0.15, 0.2) is 30.3 Å². The smallest absolute Gasteiger partial charge is 0.0440 e. The second kappa shape index (κ2) is 6.84. The highest BCUT2D eigenvalue weighted by molar-refractivity contribution is 8.00. The molecule has 2 heteroatoms. The van der Waals surface area contributed by atoms with Crippen LogP contribution < -0.4 is 4.72 Å². The minimum atomic E-state index is 1.20. The van der Waals surface area contributed by atoms with Crippen molar-refractivity contribution in [3.8, 4) is 0 Å². The van der Waals surface area contributed by atoms with Gasteiger partial charge < -0.3 is 4.72 Å². The first-order chi connectivity index (χ1) is 6.43. The number of anilines is 1. The second-order valence-electron chi connectivity index (χ2n) is 3.02. The molecule has 1 N–H and O–H groups in total. The van der Waals surface area contributed by atoms with Crippen LogP contribution in [0.1, 0.15) is 26.2 Å². The van der Waals surface area contributed by atoms with Crippen molar-refractivity contribution in [2.45, 2.75) is 26.2 Å². The molecule has 0 heterocycles. The number of nitrogens with one attached hydrogen (secondary N) is 1. The Morgan fingerprint density at radius 3 is 2.62 bits per heavy atom. The molecule has 0 aromatic heterocycles. The van der Waals surface area contributed by atoms with Crippen LogP contribution in [0, 0.1) is 0 Å². The Kier molecular flexibility index (Phi) is 5.50. The molecular formula is C11H17NS. The standard InChI is InChI=1S/C11H17NS/c1-2-3-7-10-13-12-11-8-5-4-6-9-11/h4-6,8-9,12H,2-3,7,10H2,1H3. The molecule has 1 aromatic carbocycles. The maximum absolute atomic E-state index is 3.32. The highest BCUT2D eigenvalue weighted by atomic mass is 32.2. The van der Waals surface area contributed by atoms with E-state index in [1.165, 1.54) is 30.7 Å². The van der Waals surface area contributed by atoms with E-state index >= 15 is 0 Å². The number of para-hydroxylation sites is 1. The van der Waals surface area contributed by atoms with E-state index in [9.17, 15) is 0 Å². The maximum Gasteiger partial charge on any atom is 0.0440 e. The van der Waals surface area contributed by atoms with Gasteiger partial charge in [-0.1, -0.05) is 49.9 Å². The lowest BCUT2D eigenvalue weighted by Crippen LogP contribution is -1.88. The first-order valence-corrected chi connectivity index (χ1v) is 5.85. The Morgan fingerprint density at radius 2 is 1.92 bits per heavy atom. The number of unbranched alkanes of at least 4 members (excludes halogenated alkanes) is 2. The topological polar surface area (TPSA) is 12.0 Å². The van der Waals surface area contributed by atoms with Gasteiger partial charge in [0.1, 0.15) is 0 Å². The molecule has 1 aromatic rings. The quantitative estimate of drug-likeness (QED) is 0.545. The van der Waals surface area contributed by atoms with Crippen LogP contribution in [0.4, 0.5) is 5.69 Å². The predicted molar refractivity (Wildman–Crippen MR) is 62.0 cm³/mol. The molecule has 0 saturated heterocycles. The largest absolute Gasteiger partial charge is 0.330 e. The summed E-state index contributed by atoms with van der Waals surface area (Å²) in [6.07, 6.45) is 3.94. The van der Waals surface area contributed by atoms with Crippen LogP contribution >= 0.6 is 11.9 Å². The molecule has 0 spiro atoms. The van der Waals surface area contributed by atoms with Gasteiger partial charge in [-0.05, 0) is 18.6 Å². The summed E-state index contributed by atoms with van der Waals surface area (Å²) in [7, 11) is 0. The van der Waals surface area contributed by atoms with E-state index in [4.69, 9.17) is 0 Å². The lowest BCUT2D eigenvalue weighted by molar-refractivity contribution is 0.779. The molecular weight excluding hydrogens is 178 g/mol. The van der Waals surface area contributed by atoms with Crippen molar-refractivity contribution in [2.75, 3.05) is 10.5 Å². The van der Waals surface area contributed by atoms with Gasteiger partial charge in [0.2, 0.25) is 0 Å². The molecule has 0 atom stereocenters. The summed E-state index contributed by atoms with van der Waals surface area (Å²) in [6.45, 7) is 2.23. The Labute approximate surface area is 85.1 Å². The van der Waals surface area contributed by atoms with E-state index in [1.807, 2.05) is 6.07 Å². The summed E-state index contributed by atoms with van der Waals surface area (Å²) >= 11 is 1.80. The molecule has 0 bridgehead atoms. The summed E-state index contributed by atoms with van der Waals surface area (Å²) in [5.41, 5.74) is 1.20.